The highest BCUT2D eigenvalue weighted by Gasteiger charge is 2.42. The third kappa shape index (κ3) is 3.52. The van der Waals surface area contributed by atoms with Gasteiger partial charge in [-0.25, -0.2) is 0 Å². The van der Waals surface area contributed by atoms with Gasteiger partial charge >= 0.3 is 0 Å². The van der Waals surface area contributed by atoms with Crippen molar-refractivity contribution in [3.63, 3.8) is 0 Å². The average Bonchev–Trinajstić information content (AvgIpc) is 3.05. The Balaban J connectivity index is 0.00000200. The van der Waals surface area contributed by atoms with E-state index >= 15 is 0 Å². The maximum atomic E-state index is 12.2. The van der Waals surface area contributed by atoms with Crippen molar-refractivity contribution >= 4 is 18.3 Å². The number of amides is 1. The highest BCUT2D eigenvalue weighted by atomic mass is 35.5. The molecule has 1 fully saturated rings. The number of H-pyrrole nitrogens is 1. The van der Waals surface area contributed by atoms with E-state index in [1.807, 2.05) is 13.0 Å². The summed E-state index contributed by atoms with van der Waals surface area (Å²) in [6, 6.07) is 1.82. The Kier molecular flexibility index (Phi) is 4.87. The van der Waals surface area contributed by atoms with Crippen LogP contribution in [0.2, 0.25) is 0 Å². The van der Waals surface area contributed by atoms with Crippen LogP contribution in [0.15, 0.2) is 6.07 Å². The summed E-state index contributed by atoms with van der Waals surface area (Å²) in [6.07, 6.45) is 2.28. The van der Waals surface area contributed by atoms with E-state index in [1.54, 1.807) is 0 Å². The van der Waals surface area contributed by atoms with Crippen LogP contribution in [0.4, 0.5) is 0 Å². The molecule has 1 amide bonds. The van der Waals surface area contributed by atoms with Gasteiger partial charge in [-0.1, -0.05) is 20.8 Å². The maximum absolute atomic E-state index is 12.2. The van der Waals surface area contributed by atoms with Gasteiger partial charge < -0.3 is 11.1 Å². The predicted molar refractivity (Wildman–Crippen MR) is 82.2 cm³/mol. The smallest absolute Gasteiger partial charge is 0.272 e. The number of hydrogen-bond acceptors (Lipinski definition) is 3. The van der Waals surface area contributed by atoms with Crippen molar-refractivity contribution < 1.29 is 4.79 Å². The van der Waals surface area contributed by atoms with Crippen LogP contribution in [0.5, 0.6) is 0 Å². The molecule has 114 valence electrons. The van der Waals surface area contributed by atoms with Crippen molar-refractivity contribution in [1.82, 2.24) is 15.5 Å². The summed E-state index contributed by atoms with van der Waals surface area (Å²) in [5.41, 5.74) is 6.85. The van der Waals surface area contributed by atoms with Crippen molar-refractivity contribution in [1.29, 1.82) is 0 Å². The highest BCUT2D eigenvalue weighted by molar-refractivity contribution is 5.93. The van der Waals surface area contributed by atoms with Gasteiger partial charge in [-0.3, -0.25) is 9.89 Å². The van der Waals surface area contributed by atoms with Crippen LogP contribution in [0.1, 0.15) is 56.7 Å². The summed E-state index contributed by atoms with van der Waals surface area (Å²) >= 11 is 0. The Labute approximate surface area is 126 Å². The van der Waals surface area contributed by atoms with Crippen molar-refractivity contribution in [2.45, 2.75) is 51.5 Å². The first kappa shape index (κ1) is 17.0. The van der Waals surface area contributed by atoms with E-state index in [2.05, 4.69) is 36.3 Å². The lowest BCUT2D eigenvalue weighted by Gasteiger charge is -2.29. The number of rotatable bonds is 4. The van der Waals surface area contributed by atoms with E-state index in [4.69, 9.17) is 5.73 Å². The monoisotopic (exact) mass is 300 g/mol. The number of carbonyl (C=O) groups excluding carboxylic acids is 1. The topological polar surface area (TPSA) is 83.8 Å². The van der Waals surface area contributed by atoms with Gasteiger partial charge in [-0.15, -0.1) is 12.4 Å². The normalized spacial score (nSPS) is 18.1. The highest BCUT2D eigenvalue weighted by Crippen LogP contribution is 2.39. The van der Waals surface area contributed by atoms with Crippen LogP contribution in [0.3, 0.4) is 0 Å². The number of halogens is 1. The second-order valence-electron chi connectivity index (χ2n) is 6.77. The summed E-state index contributed by atoms with van der Waals surface area (Å²) in [5, 5.41) is 10.1. The third-order valence-corrected chi connectivity index (χ3v) is 3.92. The summed E-state index contributed by atoms with van der Waals surface area (Å²) in [6.45, 7) is 8.71. The average molecular weight is 301 g/mol. The summed E-state index contributed by atoms with van der Waals surface area (Å²) in [5.74, 6) is 0.356. The molecule has 2 rings (SSSR count). The van der Waals surface area contributed by atoms with Crippen molar-refractivity contribution in [3.05, 3.63) is 17.5 Å². The Morgan fingerprint density at radius 1 is 1.45 bits per heavy atom. The molecule has 0 bridgehead atoms. The maximum Gasteiger partial charge on any atom is 0.272 e. The molecule has 1 heterocycles. The molecular weight excluding hydrogens is 276 g/mol. The number of carbonyl (C=O) groups is 1. The lowest BCUT2D eigenvalue weighted by atomic mass is 9.92. The first-order valence-electron chi connectivity index (χ1n) is 6.85. The molecule has 4 N–H and O–H groups in total. The summed E-state index contributed by atoms with van der Waals surface area (Å²) in [7, 11) is 0. The first-order valence-corrected chi connectivity index (χ1v) is 6.85. The number of nitrogens with two attached hydrogens (primary N) is 1. The second-order valence-corrected chi connectivity index (χ2v) is 6.77. The molecule has 1 aliphatic carbocycles. The molecule has 5 nitrogen and oxygen atoms in total. The van der Waals surface area contributed by atoms with Crippen LogP contribution in [0.25, 0.3) is 0 Å². The van der Waals surface area contributed by atoms with Crippen LogP contribution in [-0.4, -0.2) is 28.2 Å². The molecule has 1 aromatic heterocycles. The standard InChI is InChI=1S/C14H24N4O.ClH/c1-13(2,3)11-7-10(17-18-11)12(19)16-14(4,8-15)9-5-6-9;/h7,9H,5-6,8,15H2,1-4H3,(H,16,19)(H,17,18);1H. The zero-order valence-corrected chi connectivity index (χ0v) is 13.4. The Morgan fingerprint density at radius 3 is 2.45 bits per heavy atom. The molecule has 1 atom stereocenters. The lowest BCUT2D eigenvalue weighted by Crippen LogP contribution is -2.53. The van der Waals surface area contributed by atoms with Crippen LogP contribution in [0, 0.1) is 5.92 Å². The van der Waals surface area contributed by atoms with Gasteiger partial charge in [0, 0.05) is 17.7 Å². The number of nitrogens with zero attached hydrogens (tertiary/aromatic N) is 1. The van der Waals surface area contributed by atoms with E-state index < -0.39 is 0 Å². The van der Waals surface area contributed by atoms with Gasteiger partial charge in [-0.05, 0) is 31.7 Å². The van der Waals surface area contributed by atoms with Crippen molar-refractivity contribution in [3.8, 4) is 0 Å². The molecular formula is C14H25ClN4O. The van der Waals surface area contributed by atoms with E-state index in [-0.39, 0.29) is 29.3 Å². The SMILES string of the molecule is CC(C)(C)c1cc(C(=O)NC(C)(CN)C2CC2)n[nH]1.Cl. The van der Waals surface area contributed by atoms with Crippen molar-refractivity contribution in [2.24, 2.45) is 11.7 Å². The minimum Gasteiger partial charge on any atom is -0.344 e. The molecule has 1 aliphatic rings. The van der Waals surface area contributed by atoms with E-state index in [0.717, 1.165) is 18.5 Å². The minimum atomic E-state index is -0.308. The molecule has 1 aromatic rings. The van der Waals surface area contributed by atoms with Crippen LogP contribution >= 0.6 is 12.4 Å². The number of hydrogen-bond donors (Lipinski definition) is 3. The van der Waals surface area contributed by atoms with Crippen LogP contribution < -0.4 is 11.1 Å². The van der Waals surface area contributed by atoms with Gasteiger partial charge in [0.25, 0.3) is 5.91 Å². The van der Waals surface area contributed by atoms with Gasteiger partial charge in [0.1, 0.15) is 5.69 Å². The number of aromatic amines is 1. The van der Waals surface area contributed by atoms with Gasteiger partial charge in [-0.2, -0.15) is 5.10 Å². The van der Waals surface area contributed by atoms with E-state index in [1.165, 1.54) is 0 Å². The Hall–Kier alpha value is -1.07. The number of nitrogens with one attached hydrogen (secondary N) is 2. The molecule has 0 spiro atoms. The van der Waals surface area contributed by atoms with Gasteiger partial charge in [0.05, 0.1) is 5.54 Å². The first-order chi connectivity index (χ1) is 8.76. The number of aromatic nitrogens is 2. The fourth-order valence-corrected chi connectivity index (χ4v) is 2.19. The molecule has 0 aliphatic heterocycles. The summed E-state index contributed by atoms with van der Waals surface area (Å²) < 4.78 is 0. The molecule has 20 heavy (non-hydrogen) atoms. The fraction of sp³-hybridized carbons (Fsp3) is 0.714. The molecule has 0 saturated heterocycles. The zero-order chi connectivity index (χ0) is 14.3. The quantitative estimate of drug-likeness (QED) is 0.795. The molecule has 0 aromatic carbocycles. The fourth-order valence-electron chi connectivity index (χ4n) is 2.19. The molecule has 1 saturated carbocycles. The van der Waals surface area contributed by atoms with Crippen molar-refractivity contribution in [2.75, 3.05) is 6.54 Å². The molecule has 0 radical (unpaired) electrons. The Bertz CT molecular complexity index is 476. The lowest BCUT2D eigenvalue weighted by molar-refractivity contribution is 0.0892. The van der Waals surface area contributed by atoms with Gasteiger partial charge in [0.15, 0.2) is 0 Å². The minimum absolute atomic E-state index is 0. The van der Waals surface area contributed by atoms with Gasteiger partial charge in [0.2, 0.25) is 0 Å². The molecule has 6 heteroatoms. The Morgan fingerprint density at radius 2 is 2.05 bits per heavy atom. The summed E-state index contributed by atoms with van der Waals surface area (Å²) in [4.78, 5) is 12.2. The predicted octanol–water partition coefficient (Wildman–Crippen LogP) is 1.99. The van der Waals surface area contributed by atoms with Crippen LogP contribution in [-0.2, 0) is 5.41 Å². The van der Waals surface area contributed by atoms with E-state index in [9.17, 15) is 4.79 Å². The molecule has 1 unspecified atom stereocenters. The third-order valence-electron chi connectivity index (χ3n) is 3.92. The largest absolute Gasteiger partial charge is 0.344 e. The second kappa shape index (κ2) is 5.74. The van der Waals surface area contributed by atoms with E-state index in [0.29, 0.717) is 18.2 Å². The zero-order valence-electron chi connectivity index (χ0n) is 12.6.